The number of carboxylic acid groups (broad SMARTS) is 1. The standard InChI is InChI=1S/C19H16F6N6O4/c1-29-13(15(32)31(17(29)35)3-2-12(26)16(33)34)7-30-8-27-14(28-30)9-4-10(18(20,21)22)6-11(5-9)19(23,24)25/h4-8,12H,2-3,26H2,1H3,(H,33,34)/b13-7-/t12-/m1/s1. The van der Waals surface area contributed by atoms with Gasteiger partial charge in [-0.1, -0.05) is 0 Å². The van der Waals surface area contributed by atoms with E-state index < -0.39 is 58.8 Å². The van der Waals surface area contributed by atoms with Crippen LogP contribution < -0.4 is 5.73 Å². The molecule has 1 aromatic heterocycles. The molecule has 1 aromatic carbocycles. The van der Waals surface area contributed by atoms with Crippen molar-refractivity contribution in [3.8, 4) is 11.4 Å². The predicted octanol–water partition coefficient (Wildman–Crippen LogP) is 2.48. The van der Waals surface area contributed by atoms with Gasteiger partial charge in [0.25, 0.3) is 5.91 Å². The Kier molecular flexibility index (Phi) is 6.61. The summed E-state index contributed by atoms with van der Waals surface area (Å²) < 4.78 is 79.4. The highest BCUT2D eigenvalue weighted by molar-refractivity contribution is 6.13. The van der Waals surface area contributed by atoms with Crippen LogP contribution in [-0.4, -0.2) is 67.2 Å². The van der Waals surface area contributed by atoms with Crippen molar-refractivity contribution >= 4 is 24.1 Å². The predicted molar refractivity (Wildman–Crippen MR) is 105 cm³/mol. The van der Waals surface area contributed by atoms with Gasteiger partial charge in [0.2, 0.25) is 0 Å². The average molecular weight is 506 g/mol. The second-order valence-corrected chi connectivity index (χ2v) is 7.39. The first-order valence-corrected chi connectivity index (χ1v) is 9.60. The lowest BCUT2D eigenvalue weighted by Crippen LogP contribution is -2.38. The Labute approximate surface area is 192 Å². The fourth-order valence-electron chi connectivity index (χ4n) is 3.06. The number of alkyl halides is 6. The van der Waals surface area contributed by atoms with Crippen LogP contribution in [0.4, 0.5) is 31.1 Å². The number of nitrogens with two attached hydrogens (primary N) is 1. The Morgan fingerprint density at radius 2 is 1.69 bits per heavy atom. The number of hydrogen-bond donors (Lipinski definition) is 2. The van der Waals surface area contributed by atoms with Gasteiger partial charge in [-0.15, -0.1) is 5.10 Å². The van der Waals surface area contributed by atoms with Crippen LogP contribution in [0.1, 0.15) is 17.5 Å². The highest BCUT2D eigenvalue weighted by atomic mass is 19.4. The Balaban J connectivity index is 1.91. The van der Waals surface area contributed by atoms with Crippen LogP contribution >= 0.6 is 0 Å². The van der Waals surface area contributed by atoms with Gasteiger partial charge in [-0.05, 0) is 24.6 Å². The number of nitrogens with zero attached hydrogens (tertiary/aromatic N) is 5. The lowest BCUT2D eigenvalue weighted by atomic mass is 10.0. The van der Waals surface area contributed by atoms with Gasteiger partial charge in [-0.2, -0.15) is 26.3 Å². The van der Waals surface area contributed by atoms with Gasteiger partial charge < -0.3 is 10.8 Å². The molecular formula is C19H16F6N6O4. The summed E-state index contributed by atoms with van der Waals surface area (Å²) in [6.45, 7) is -0.306. The van der Waals surface area contributed by atoms with E-state index in [1.54, 1.807) is 0 Å². The van der Waals surface area contributed by atoms with Crippen LogP contribution in [0.3, 0.4) is 0 Å². The summed E-state index contributed by atoms with van der Waals surface area (Å²) in [7, 11) is 1.23. The smallest absolute Gasteiger partial charge is 0.416 e. The van der Waals surface area contributed by atoms with E-state index in [2.05, 4.69) is 10.1 Å². The first-order chi connectivity index (χ1) is 16.1. The van der Waals surface area contributed by atoms with E-state index in [4.69, 9.17) is 10.8 Å². The third-order valence-electron chi connectivity index (χ3n) is 4.93. The summed E-state index contributed by atoms with van der Waals surface area (Å²) in [5.74, 6) is -2.67. The number of carbonyl (C=O) groups is 3. The largest absolute Gasteiger partial charge is 0.480 e. The Morgan fingerprint density at radius 1 is 1.11 bits per heavy atom. The third-order valence-corrected chi connectivity index (χ3v) is 4.93. The van der Waals surface area contributed by atoms with E-state index >= 15 is 0 Å². The molecule has 3 rings (SSSR count). The zero-order chi connectivity index (χ0) is 26.3. The summed E-state index contributed by atoms with van der Waals surface area (Å²) in [6.07, 6.45) is -8.44. The molecule has 1 saturated heterocycles. The lowest BCUT2D eigenvalue weighted by molar-refractivity contribution is -0.143. The highest BCUT2D eigenvalue weighted by Crippen LogP contribution is 2.38. The zero-order valence-corrected chi connectivity index (χ0v) is 17.6. The van der Waals surface area contributed by atoms with Crippen molar-refractivity contribution in [2.45, 2.75) is 24.8 Å². The van der Waals surface area contributed by atoms with Gasteiger partial charge in [0.1, 0.15) is 18.1 Å². The number of rotatable bonds is 6. The topological polar surface area (TPSA) is 135 Å². The number of likely N-dealkylation sites (N-methyl/N-ethyl adjacent to an activating group) is 1. The van der Waals surface area contributed by atoms with Crippen molar-refractivity contribution in [2.75, 3.05) is 13.6 Å². The monoisotopic (exact) mass is 506 g/mol. The maximum atomic E-state index is 13.1. The summed E-state index contributed by atoms with van der Waals surface area (Å²) in [6, 6.07) is -1.25. The van der Waals surface area contributed by atoms with Crippen LogP contribution in [0.5, 0.6) is 0 Å². The van der Waals surface area contributed by atoms with Gasteiger partial charge >= 0.3 is 24.4 Å². The molecule has 0 radical (unpaired) electrons. The fourth-order valence-corrected chi connectivity index (χ4v) is 3.06. The minimum Gasteiger partial charge on any atom is -0.480 e. The van der Waals surface area contributed by atoms with Crippen molar-refractivity contribution in [1.82, 2.24) is 24.6 Å². The molecule has 0 unspecified atom stereocenters. The number of carboxylic acids is 1. The molecule has 10 nitrogen and oxygen atoms in total. The number of imide groups is 1. The molecule has 0 aliphatic carbocycles. The maximum Gasteiger partial charge on any atom is 0.416 e. The van der Waals surface area contributed by atoms with Crippen LogP contribution in [0.15, 0.2) is 30.2 Å². The number of aromatic nitrogens is 3. The summed E-state index contributed by atoms with van der Waals surface area (Å²) in [4.78, 5) is 41.1. The molecule has 1 atom stereocenters. The molecule has 16 heteroatoms. The van der Waals surface area contributed by atoms with E-state index in [1.807, 2.05) is 0 Å². The van der Waals surface area contributed by atoms with Gasteiger partial charge in [-0.25, -0.2) is 14.5 Å². The van der Waals surface area contributed by atoms with Gasteiger partial charge in [-0.3, -0.25) is 19.4 Å². The van der Waals surface area contributed by atoms with Crippen LogP contribution in [0, 0.1) is 0 Å². The van der Waals surface area contributed by atoms with E-state index in [0.717, 1.165) is 27.0 Å². The molecule has 35 heavy (non-hydrogen) atoms. The van der Waals surface area contributed by atoms with E-state index in [1.165, 1.54) is 7.05 Å². The average Bonchev–Trinajstić information content (AvgIpc) is 3.30. The molecular weight excluding hydrogens is 490 g/mol. The molecule has 0 spiro atoms. The third kappa shape index (κ3) is 5.42. The number of carbonyl (C=O) groups excluding carboxylic acids is 2. The minimum absolute atomic E-state index is 0.0366. The highest BCUT2D eigenvalue weighted by Gasteiger charge is 2.40. The lowest BCUT2D eigenvalue weighted by Gasteiger charge is -2.14. The van der Waals surface area contributed by atoms with Crippen LogP contribution in [0.25, 0.3) is 17.6 Å². The Bertz CT molecular complexity index is 1170. The summed E-state index contributed by atoms with van der Waals surface area (Å²) >= 11 is 0. The molecule has 188 valence electrons. The summed E-state index contributed by atoms with van der Waals surface area (Å²) in [5, 5.41) is 12.6. The second kappa shape index (κ2) is 9.01. The van der Waals surface area contributed by atoms with E-state index in [9.17, 15) is 40.7 Å². The minimum atomic E-state index is -5.06. The quantitative estimate of drug-likeness (QED) is 0.349. The molecule has 3 amide bonds. The van der Waals surface area contributed by atoms with Gasteiger partial charge in [0.15, 0.2) is 5.82 Å². The SMILES string of the molecule is CN1C(=O)N(CC[C@@H](N)C(=O)O)C(=O)/C1=C/n1cnc(-c2cc(C(F)(F)F)cc(C(F)(F)F)c2)n1. The number of halogens is 6. The van der Waals surface area contributed by atoms with Gasteiger partial charge in [0.05, 0.1) is 17.3 Å². The van der Waals surface area contributed by atoms with Crippen molar-refractivity contribution in [3.63, 3.8) is 0 Å². The van der Waals surface area contributed by atoms with Crippen molar-refractivity contribution in [3.05, 3.63) is 41.4 Å². The molecule has 1 aliphatic heterocycles. The molecule has 0 saturated carbocycles. The first-order valence-electron chi connectivity index (χ1n) is 9.60. The molecule has 2 heterocycles. The number of amides is 3. The maximum absolute atomic E-state index is 13.1. The molecule has 1 fully saturated rings. The van der Waals surface area contributed by atoms with Gasteiger partial charge in [0, 0.05) is 19.2 Å². The van der Waals surface area contributed by atoms with Crippen molar-refractivity contribution in [2.24, 2.45) is 5.73 Å². The molecule has 3 N–H and O–H groups in total. The number of urea groups is 1. The number of hydrogen-bond acceptors (Lipinski definition) is 6. The van der Waals surface area contributed by atoms with E-state index in [0.29, 0.717) is 12.1 Å². The van der Waals surface area contributed by atoms with Crippen molar-refractivity contribution in [1.29, 1.82) is 0 Å². The first kappa shape index (κ1) is 25.7. The fraction of sp³-hybridized carbons (Fsp3) is 0.316. The number of aliphatic carboxylic acids is 1. The van der Waals surface area contributed by atoms with Crippen LogP contribution in [0.2, 0.25) is 0 Å². The Morgan fingerprint density at radius 3 is 2.20 bits per heavy atom. The van der Waals surface area contributed by atoms with E-state index in [-0.39, 0.29) is 24.7 Å². The summed E-state index contributed by atoms with van der Waals surface area (Å²) in [5.41, 5.74) is 1.44. The molecule has 1 aliphatic rings. The van der Waals surface area contributed by atoms with Crippen molar-refractivity contribution < 1.29 is 45.8 Å². The Hall–Kier alpha value is -3.95. The van der Waals surface area contributed by atoms with Crippen LogP contribution in [-0.2, 0) is 21.9 Å². The normalized spacial score (nSPS) is 17.0. The zero-order valence-electron chi connectivity index (χ0n) is 17.6. The number of benzene rings is 1. The molecule has 2 aromatic rings. The second-order valence-electron chi connectivity index (χ2n) is 7.39. The molecule has 0 bridgehead atoms.